The Morgan fingerprint density at radius 2 is 2.09 bits per heavy atom. The fourth-order valence-corrected chi connectivity index (χ4v) is 2.16. The maximum atomic E-state index is 12.5. The molecular formula is C18H21NO4. The number of carbonyl (C=O) groups is 1. The van der Waals surface area contributed by atoms with E-state index in [0.717, 1.165) is 11.5 Å². The van der Waals surface area contributed by atoms with Crippen LogP contribution in [-0.2, 0) is 6.54 Å². The molecule has 0 radical (unpaired) electrons. The van der Waals surface area contributed by atoms with E-state index >= 15 is 0 Å². The fraction of sp³-hybridized carbons (Fsp3) is 0.278. The van der Waals surface area contributed by atoms with Crippen molar-refractivity contribution in [3.05, 3.63) is 60.1 Å². The van der Waals surface area contributed by atoms with Crippen molar-refractivity contribution in [2.24, 2.45) is 0 Å². The van der Waals surface area contributed by atoms with Crippen molar-refractivity contribution in [3.63, 3.8) is 0 Å². The zero-order valence-electron chi connectivity index (χ0n) is 13.7. The van der Waals surface area contributed by atoms with Gasteiger partial charge in [-0.05, 0) is 37.3 Å². The third-order valence-electron chi connectivity index (χ3n) is 3.30. The lowest BCUT2D eigenvalue weighted by Crippen LogP contribution is -2.26. The number of methoxy groups -OCH3 is 1. The molecule has 122 valence electrons. The summed E-state index contributed by atoms with van der Waals surface area (Å²) in [6.07, 6.45) is 1.65. The van der Waals surface area contributed by atoms with E-state index in [2.05, 4.69) is 6.58 Å². The predicted octanol–water partition coefficient (Wildman–Crippen LogP) is 3.43. The summed E-state index contributed by atoms with van der Waals surface area (Å²) < 4.78 is 16.3. The van der Waals surface area contributed by atoms with Crippen LogP contribution < -0.4 is 9.47 Å². The van der Waals surface area contributed by atoms with Gasteiger partial charge in [-0.3, -0.25) is 4.79 Å². The lowest BCUT2D eigenvalue weighted by molar-refractivity contribution is 0.0774. The first-order valence-corrected chi connectivity index (χ1v) is 7.27. The zero-order valence-corrected chi connectivity index (χ0v) is 13.7. The van der Waals surface area contributed by atoms with Gasteiger partial charge in [-0.1, -0.05) is 12.7 Å². The van der Waals surface area contributed by atoms with Crippen molar-refractivity contribution < 1.29 is 18.7 Å². The summed E-state index contributed by atoms with van der Waals surface area (Å²) in [5.41, 5.74) is 0.526. The third kappa shape index (κ3) is 4.16. The SMILES string of the molecule is C=CCOc1ccc(C(=O)N(C)Cc2ccc(C)o2)cc1OC. The zero-order chi connectivity index (χ0) is 16.8. The van der Waals surface area contributed by atoms with Gasteiger partial charge in [0.05, 0.1) is 13.7 Å². The highest BCUT2D eigenvalue weighted by Gasteiger charge is 2.16. The summed E-state index contributed by atoms with van der Waals surface area (Å²) in [7, 11) is 3.27. The summed E-state index contributed by atoms with van der Waals surface area (Å²) in [5.74, 6) is 2.54. The molecule has 0 spiro atoms. The number of carbonyl (C=O) groups excluding carboxylic acids is 1. The molecule has 1 aromatic carbocycles. The minimum absolute atomic E-state index is 0.118. The molecule has 0 atom stereocenters. The molecule has 23 heavy (non-hydrogen) atoms. The molecule has 2 rings (SSSR count). The smallest absolute Gasteiger partial charge is 0.254 e. The van der Waals surface area contributed by atoms with Crippen LogP contribution in [0, 0.1) is 6.92 Å². The Morgan fingerprint density at radius 1 is 1.30 bits per heavy atom. The Bertz CT molecular complexity index is 690. The van der Waals surface area contributed by atoms with Crippen LogP contribution in [0.2, 0.25) is 0 Å². The molecule has 0 unspecified atom stereocenters. The monoisotopic (exact) mass is 315 g/mol. The van der Waals surface area contributed by atoms with Crippen LogP contribution in [0.25, 0.3) is 0 Å². The van der Waals surface area contributed by atoms with Crippen LogP contribution in [0.15, 0.2) is 47.4 Å². The largest absolute Gasteiger partial charge is 0.493 e. The van der Waals surface area contributed by atoms with Gasteiger partial charge in [0.2, 0.25) is 0 Å². The van der Waals surface area contributed by atoms with Crippen molar-refractivity contribution in [2.75, 3.05) is 20.8 Å². The summed E-state index contributed by atoms with van der Waals surface area (Å²) in [5, 5.41) is 0. The molecular weight excluding hydrogens is 294 g/mol. The number of furan rings is 1. The second-order valence-electron chi connectivity index (χ2n) is 5.14. The minimum atomic E-state index is -0.118. The van der Waals surface area contributed by atoms with Gasteiger partial charge in [0.1, 0.15) is 18.1 Å². The lowest BCUT2D eigenvalue weighted by Gasteiger charge is -2.17. The van der Waals surface area contributed by atoms with E-state index in [9.17, 15) is 4.79 Å². The van der Waals surface area contributed by atoms with Crippen molar-refractivity contribution in [1.29, 1.82) is 0 Å². The Hall–Kier alpha value is -2.69. The number of hydrogen-bond acceptors (Lipinski definition) is 4. The van der Waals surface area contributed by atoms with E-state index < -0.39 is 0 Å². The number of benzene rings is 1. The molecule has 0 aliphatic heterocycles. The topological polar surface area (TPSA) is 51.9 Å². The molecule has 0 bridgehead atoms. The maximum Gasteiger partial charge on any atom is 0.254 e. The van der Waals surface area contributed by atoms with E-state index in [1.807, 2.05) is 19.1 Å². The van der Waals surface area contributed by atoms with Gasteiger partial charge in [-0.2, -0.15) is 0 Å². The second-order valence-corrected chi connectivity index (χ2v) is 5.14. The van der Waals surface area contributed by atoms with Gasteiger partial charge in [0.25, 0.3) is 5.91 Å². The number of amides is 1. The van der Waals surface area contributed by atoms with Crippen LogP contribution >= 0.6 is 0 Å². The molecule has 5 nitrogen and oxygen atoms in total. The normalized spacial score (nSPS) is 10.2. The molecule has 5 heteroatoms. The number of nitrogens with zero attached hydrogens (tertiary/aromatic N) is 1. The van der Waals surface area contributed by atoms with Crippen LogP contribution in [0.3, 0.4) is 0 Å². The van der Waals surface area contributed by atoms with Crippen molar-refractivity contribution in [2.45, 2.75) is 13.5 Å². The molecule has 1 amide bonds. The maximum absolute atomic E-state index is 12.5. The quantitative estimate of drug-likeness (QED) is 0.735. The number of hydrogen-bond donors (Lipinski definition) is 0. The summed E-state index contributed by atoms with van der Waals surface area (Å²) >= 11 is 0. The molecule has 2 aromatic rings. The van der Waals surface area contributed by atoms with Crippen LogP contribution in [0.1, 0.15) is 21.9 Å². The highest BCUT2D eigenvalue weighted by atomic mass is 16.5. The number of ether oxygens (including phenoxy) is 2. The van der Waals surface area contributed by atoms with Crippen LogP contribution in [0.4, 0.5) is 0 Å². The Kier molecular flexibility index (Phi) is 5.46. The Labute approximate surface area is 136 Å². The molecule has 1 heterocycles. The van der Waals surface area contributed by atoms with Crippen LogP contribution in [0.5, 0.6) is 11.5 Å². The van der Waals surface area contributed by atoms with Crippen molar-refractivity contribution >= 4 is 5.91 Å². The summed E-state index contributed by atoms with van der Waals surface area (Å²) in [4.78, 5) is 14.1. The number of rotatable bonds is 7. The van der Waals surface area contributed by atoms with Gasteiger partial charge >= 0.3 is 0 Å². The first-order chi connectivity index (χ1) is 11.0. The summed E-state index contributed by atoms with van der Waals surface area (Å²) in [6, 6.07) is 8.85. The third-order valence-corrected chi connectivity index (χ3v) is 3.30. The number of aryl methyl sites for hydroxylation is 1. The standard InChI is InChI=1S/C18H21NO4/c1-5-10-22-16-9-7-14(11-17(16)21-4)18(20)19(3)12-15-8-6-13(2)23-15/h5-9,11H,1,10,12H2,2-4H3. The van der Waals surface area contributed by atoms with E-state index in [-0.39, 0.29) is 5.91 Å². The van der Waals surface area contributed by atoms with Crippen LogP contribution in [-0.4, -0.2) is 31.6 Å². The van der Waals surface area contributed by atoms with E-state index in [4.69, 9.17) is 13.9 Å². The molecule has 0 saturated heterocycles. The second kappa shape index (κ2) is 7.54. The average Bonchev–Trinajstić information content (AvgIpc) is 2.96. The van der Waals surface area contributed by atoms with Gasteiger partial charge in [0, 0.05) is 12.6 Å². The molecule has 0 N–H and O–H groups in total. The average molecular weight is 315 g/mol. The lowest BCUT2D eigenvalue weighted by atomic mass is 10.1. The van der Waals surface area contributed by atoms with Gasteiger partial charge in [-0.15, -0.1) is 0 Å². The highest BCUT2D eigenvalue weighted by molar-refractivity contribution is 5.94. The molecule has 0 saturated carbocycles. The van der Waals surface area contributed by atoms with Gasteiger partial charge in [0.15, 0.2) is 11.5 Å². The Morgan fingerprint density at radius 3 is 2.70 bits per heavy atom. The summed E-state index contributed by atoms with van der Waals surface area (Å²) in [6.45, 7) is 6.26. The first-order valence-electron chi connectivity index (χ1n) is 7.27. The van der Waals surface area contributed by atoms with Gasteiger partial charge < -0.3 is 18.8 Å². The van der Waals surface area contributed by atoms with E-state index in [1.54, 1.807) is 43.3 Å². The molecule has 1 aromatic heterocycles. The Balaban J connectivity index is 2.13. The first kappa shape index (κ1) is 16.7. The fourth-order valence-electron chi connectivity index (χ4n) is 2.16. The van der Waals surface area contributed by atoms with E-state index in [1.165, 1.54) is 0 Å². The van der Waals surface area contributed by atoms with Crippen molar-refractivity contribution in [3.8, 4) is 11.5 Å². The highest BCUT2D eigenvalue weighted by Crippen LogP contribution is 2.28. The minimum Gasteiger partial charge on any atom is -0.493 e. The van der Waals surface area contributed by atoms with E-state index in [0.29, 0.717) is 30.2 Å². The van der Waals surface area contributed by atoms with Gasteiger partial charge in [-0.25, -0.2) is 0 Å². The molecule has 0 fully saturated rings. The predicted molar refractivity (Wildman–Crippen MR) is 87.9 cm³/mol. The molecule has 0 aliphatic carbocycles. The molecule has 0 aliphatic rings. The van der Waals surface area contributed by atoms with Crippen molar-refractivity contribution in [1.82, 2.24) is 4.90 Å².